The van der Waals surface area contributed by atoms with Crippen LogP contribution in [0.15, 0.2) is 23.2 Å². The highest BCUT2D eigenvalue weighted by Gasteiger charge is 2.03. The Bertz CT molecular complexity index is 515. The lowest BCUT2D eigenvalue weighted by molar-refractivity contribution is 0.0487. The normalized spacial score (nSPS) is 11.6. The second kappa shape index (κ2) is 13.9. The largest absolute Gasteiger partial charge is 0.379 e. The van der Waals surface area contributed by atoms with Gasteiger partial charge in [0.05, 0.1) is 19.8 Å². The lowest BCUT2D eigenvalue weighted by atomic mass is 10.1. The Morgan fingerprint density at radius 3 is 2.52 bits per heavy atom. The van der Waals surface area contributed by atoms with Gasteiger partial charge in [-0.2, -0.15) is 0 Å². The summed E-state index contributed by atoms with van der Waals surface area (Å²) in [7, 11) is 1.71. The summed E-state index contributed by atoms with van der Waals surface area (Å²) in [5.41, 5.74) is 0.900. The third-order valence-corrected chi connectivity index (χ3v) is 3.83. The Morgan fingerprint density at radius 1 is 1.12 bits per heavy atom. The number of halogens is 2. The summed E-state index contributed by atoms with van der Waals surface area (Å²) in [6, 6.07) is 4.44. The van der Waals surface area contributed by atoms with Crippen LogP contribution in [0.3, 0.4) is 0 Å². The molecule has 0 unspecified atom stereocenters. The Balaban J connectivity index is 2.08. The number of rotatable bonds is 12. The van der Waals surface area contributed by atoms with Crippen molar-refractivity contribution in [3.8, 4) is 0 Å². The van der Waals surface area contributed by atoms with E-state index in [4.69, 9.17) is 21.1 Å². The predicted molar refractivity (Wildman–Crippen MR) is 101 cm³/mol. The molecule has 0 aliphatic heterocycles. The van der Waals surface area contributed by atoms with Gasteiger partial charge >= 0.3 is 0 Å². The first-order valence-electron chi connectivity index (χ1n) is 8.71. The number of ether oxygens (including phenoxy) is 2. The molecule has 1 rings (SSSR count). The third kappa shape index (κ3) is 10.3. The average Bonchev–Trinajstić information content (AvgIpc) is 2.60. The molecule has 0 heterocycles. The molecule has 0 radical (unpaired) electrons. The van der Waals surface area contributed by atoms with Gasteiger partial charge in [-0.25, -0.2) is 4.39 Å². The highest BCUT2D eigenvalue weighted by Crippen LogP contribution is 2.17. The van der Waals surface area contributed by atoms with Gasteiger partial charge in [0.25, 0.3) is 0 Å². The van der Waals surface area contributed by atoms with E-state index in [1.807, 2.05) is 0 Å². The van der Waals surface area contributed by atoms with Crippen LogP contribution < -0.4 is 10.6 Å². The Labute approximate surface area is 155 Å². The fourth-order valence-electron chi connectivity index (χ4n) is 2.07. The number of hydrogen-bond donors (Lipinski definition) is 2. The van der Waals surface area contributed by atoms with E-state index >= 15 is 0 Å². The molecule has 0 saturated heterocycles. The molecule has 1 aromatic rings. The van der Waals surface area contributed by atoms with Crippen molar-refractivity contribution in [3.63, 3.8) is 0 Å². The number of nitrogens with one attached hydrogen (secondary N) is 2. The molecule has 25 heavy (non-hydrogen) atoms. The second-order valence-corrected chi connectivity index (χ2v) is 5.90. The van der Waals surface area contributed by atoms with Crippen molar-refractivity contribution in [3.05, 3.63) is 34.6 Å². The average molecular weight is 374 g/mol. The zero-order valence-electron chi connectivity index (χ0n) is 15.1. The Kier molecular flexibility index (Phi) is 12.0. The number of guanidine groups is 1. The van der Waals surface area contributed by atoms with Crippen molar-refractivity contribution in [2.75, 3.05) is 46.6 Å². The van der Waals surface area contributed by atoms with E-state index in [0.717, 1.165) is 25.0 Å². The summed E-state index contributed by atoms with van der Waals surface area (Å²) in [4.78, 5) is 4.14. The molecule has 0 fully saturated rings. The van der Waals surface area contributed by atoms with Crippen LogP contribution in [-0.2, 0) is 15.9 Å². The van der Waals surface area contributed by atoms with E-state index in [-0.39, 0.29) is 5.82 Å². The molecule has 0 saturated carbocycles. The smallest absolute Gasteiger partial charge is 0.191 e. The molecule has 142 valence electrons. The van der Waals surface area contributed by atoms with Gasteiger partial charge in [0.15, 0.2) is 5.96 Å². The Hall–Kier alpha value is -1.37. The number of hydrogen-bond acceptors (Lipinski definition) is 3. The number of benzene rings is 1. The maximum absolute atomic E-state index is 13.0. The molecule has 0 spiro atoms. The van der Waals surface area contributed by atoms with Crippen LogP contribution in [0.5, 0.6) is 0 Å². The van der Waals surface area contributed by atoms with Crippen molar-refractivity contribution in [2.24, 2.45) is 4.99 Å². The molecular formula is C18H29ClFN3O2. The monoisotopic (exact) mass is 373 g/mol. The van der Waals surface area contributed by atoms with Crippen molar-refractivity contribution in [1.82, 2.24) is 10.6 Å². The van der Waals surface area contributed by atoms with Crippen molar-refractivity contribution in [2.45, 2.75) is 26.2 Å². The third-order valence-electron chi connectivity index (χ3n) is 3.48. The standard InChI is InChI=1S/C18H29ClFN3O2/c1-3-4-10-24-12-13-25-11-9-23-18(21-2)22-8-7-15-5-6-16(20)14-17(15)19/h5-6,14H,3-4,7-13H2,1-2H3,(H2,21,22,23). The SMILES string of the molecule is CCCCOCCOCCNC(=NC)NCCc1ccc(F)cc1Cl. The summed E-state index contributed by atoms with van der Waals surface area (Å²) in [5.74, 6) is 0.371. The number of nitrogens with zero attached hydrogens (tertiary/aromatic N) is 1. The van der Waals surface area contributed by atoms with Crippen LogP contribution in [0.2, 0.25) is 5.02 Å². The van der Waals surface area contributed by atoms with Crippen molar-refractivity contribution < 1.29 is 13.9 Å². The molecule has 0 amide bonds. The maximum atomic E-state index is 13.0. The molecule has 0 aliphatic carbocycles. The minimum absolute atomic E-state index is 0.324. The van der Waals surface area contributed by atoms with E-state index in [1.165, 1.54) is 12.1 Å². The molecule has 5 nitrogen and oxygen atoms in total. The number of unbranched alkanes of at least 4 members (excludes halogenated alkanes) is 1. The molecule has 1 aromatic carbocycles. The summed E-state index contributed by atoms with van der Waals surface area (Å²) in [5, 5.41) is 6.81. The highest BCUT2D eigenvalue weighted by molar-refractivity contribution is 6.31. The zero-order valence-corrected chi connectivity index (χ0v) is 15.9. The van der Waals surface area contributed by atoms with Gasteiger partial charge < -0.3 is 20.1 Å². The molecular weight excluding hydrogens is 345 g/mol. The Morgan fingerprint density at radius 2 is 1.84 bits per heavy atom. The van der Waals surface area contributed by atoms with Gasteiger partial charge in [0.1, 0.15) is 5.82 Å². The molecule has 0 bridgehead atoms. The maximum Gasteiger partial charge on any atom is 0.191 e. The van der Waals surface area contributed by atoms with Crippen LogP contribution >= 0.6 is 11.6 Å². The molecule has 0 aromatic heterocycles. The van der Waals surface area contributed by atoms with E-state index in [9.17, 15) is 4.39 Å². The molecule has 0 aliphatic rings. The molecule has 7 heteroatoms. The van der Waals surface area contributed by atoms with Crippen LogP contribution in [-0.4, -0.2) is 52.5 Å². The lowest BCUT2D eigenvalue weighted by Gasteiger charge is -2.12. The molecule has 2 N–H and O–H groups in total. The van der Waals surface area contributed by atoms with E-state index in [2.05, 4.69) is 22.5 Å². The first-order chi connectivity index (χ1) is 12.2. The van der Waals surface area contributed by atoms with E-state index in [0.29, 0.717) is 50.3 Å². The second-order valence-electron chi connectivity index (χ2n) is 5.49. The van der Waals surface area contributed by atoms with Crippen LogP contribution in [0.4, 0.5) is 4.39 Å². The van der Waals surface area contributed by atoms with Gasteiger partial charge in [-0.05, 0) is 30.5 Å². The van der Waals surface area contributed by atoms with Gasteiger partial charge in [-0.1, -0.05) is 31.0 Å². The quantitative estimate of drug-likeness (QED) is 0.336. The topological polar surface area (TPSA) is 54.9 Å². The zero-order chi connectivity index (χ0) is 18.3. The number of aliphatic imine (C=N–C) groups is 1. The summed E-state index contributed by atoms with van der Waals surface area (Å²) in [6.45, 7) is 6.06. The van der Waals surface area contributed by atoms with Crippen molar-refractivity contribution >= 4 is 17.6 Å². The summed E-state index contributed by atoms with van der Waals surface area (Å²) in [6.07, 6.45) is 2.92. The highest BCUT2D eigenvalue weighted by atomic mass is 35.5. The fraction of sp³-hybridized carbons (Fsp3) is 0.611. The van der Waals surface area contributed by atoms with Crippen LogP contribution in [0.25, 0.3) is 0 Å². The lowest BCUT2D eigenvalue weighted by Crippen LogP contribution is -2.39. The van der Waals surface area contributed by atoms with Gasteiger partial charge in [0, 0.05) is 31.8 Å². The van der Waals surface area contributed by atoms with Crippen LogP contribution in [0, 0.1) is 5.82 Å². The minimum atomic E-state index is -0.324. The van der Waals surface area contributed by atoms with E-state index in [1.54, 1.807) is 13.1 Å². The minimum Gasteiger partial charge on any atom is -0.379 e. The van der Waals surface area contributed by atoms with Gasteiger partial charge in [-0.15, -0.1) is 0 Å². The summed E-state index contributed by atoms with van der Waals surface area (Å²) < 4.78 is 23.9. The van der Waals surface area contributed by atoms with Gasteiger partial charge in [0.2, 0.25) is 0 Å². The van der Waals surface area contributed by atoms with E-state index < -0.39 is 0 Å². The van der Waals surface area contributed by atoms with Gasteiger partial charge in [-0.3, -0.25) is 4.99 Å². The molecule has 0 atom stereocenters. The summed E-state index contributed by atoms with van der Waals surface area (Å²) >= 11 is 6.01. The first-order valence-corrected chi connectivity index (χ1v) is 9.09. The predicted octanol–water partition coefficient (Wildman–Crippen LogP) is 3.02. The van der Waals surface area contributed by atoms with Crippen LogP contribution in [0.1, 0.15) is 25.3 Å². The van der Waals surface area contributed by atoms with Crippen molar-refractivity contribution in [1.29, 1.82) is 0 Å². The first kappa shape index (κ1) is 21.7. The fourth-order valence-corrected chi connectivity index (χ4v) is 2.33.